The first kappa shape index (κ1) is 20.0. The summed E-state index contributed by atoms with van der Waals surface area (Å²) in [6.45, 7) is 7.50. The third-order valence-electron chi connectivity index (χ3n) is 3.47. The molecule has 1 aromatic heterocycles. The van der Waals surface area contributed by atoms with Crippen molar-refractivity contribution in [3.05, 3.63) is 22.6 Å². The summed E-state index contributed by atoms with van der Waals surface area (Å²) < 4.78 is 14.1. The normalized spacial score (nSPS) is 12.4. The van der Waals surface area contributed by atoms with E-state index in [2.05, 4.69) is 10.3 Å². The van der Waals surface area contributed by atoms with Crippen molar-refractivity contribution in [3.8, 4) is 6.07 Å². The maximum atomic E-state index is 14.1. The lowest BCUT2D eigenvalue weighted by Gasteiger charge is -2.36. The number of pyridine rings is 1. The lowest BCUT2D eigenvalue weighted by Crippen LogP contribution is -2.50. The Morgan fingerprint density at radius 1 is 1.58 bits per heavy atom. The van der Waals surface area contributed by atoms with Gasteiger partial charge in [0.15, 0.2) is 11.6 Å². The van der Waals surface area contributed by atoms with Crippen LogP contribution in [0.5, 0.6) is 0 Å². The van der Waals surface area contributed by atoms with E-state index in [4.69, 9.17) is 16.9 Å². The molecule has 0 aliphatic heterocycles. The lowest BCUT2D eigenvalue weighted by atomic mass is 10.0. The first-order valence-corrected chi connectivity index (χ1v) is 8.01. The van der Waals surface area contributed by atoms with E-state index in [0.29, 0.717) is 6.42 Å². The minimum absolute atomic E-state index is 0.0476. The van der Waals surface area contributed by atoms with Gasteiger partial charge in [-0.05, 0) is 33.3 Å². The minimum atomic E-state index is -1.04. The van der Waals surface area contributed by atoms with Gasteiger partial charge >= 0.3 is 6.09 Å². The van der Waals surface area contributed by atoms with Gasteiger partial charge in [-0.25, -0.2) is 14.2 Å². The van der Waals surface area contributed by atoms with Crippen LogP contribution in [-0.2, 0) is 0 Å². The van der Waals surface area contributed by atoms with Gasteiger partial charge in [-0.3, -0.25) is 0 Å². The molecule has 1 heterocycles. The summed E-state index contributed by atoms with van der Waals surface area (Å²) >= 11 is 5.85. The van der Waals surface area contributed by atoms with Gasteiger partial charge < -0.3 is 15.3 Å². The molecule has 1 aromatic rings. The van der Waals surface area contributed by atoms with Gasteiger partial charge in [0.25, 0.3) is 0 Å². The zero-order chi connectivity index (χ0) is 18.5. The number of nitriles is 1. The Kier molecular flexibility index (Phi) is 6.79. The van der Waals surface area contributed by atoms with E-state index in [1.54, 1.807) is 26.8 Å². The SMILES string of the molecule is CCCC(CN(C(=O)O)C(C)(C)C)Nc1nc(Cl)c(C#N)cc1F. The molecule has 1 amide bonds. The van der Waals surface area contributed by atoms with Gasteiger partial charge in [-0.1, -0.05) is 24.9 Å². The van der Waals surface area contributed by atoms with Crippen LogP contribution in [0.4, 0.5) is 15.0 Å². The second-order valence-electron chi connectivity index (χ2n) is 6.46. The van der Waals surface area contributed by atoms with Gasteiger partial charge in [0.1, 0.15) is 11.2 Å². The summed E-state index contributed by atoms with van der Waals surface area (Å²) in [7, 11) is 0. The Labute approximate surface area is 146 Å². The van der Waals surface area contributed by atoms with Crippen LogP contribution in [0.25, 0.3) is 0 Å². The van der Waals surface area contributed by atoms with Gasteiger partial charge in [-0.2, -0.15) is 5.26 Å². The van der Waals surface area contributed by atoms with E-state index in [1.165, 1.54) is 4.90 Å². The van der Waals surface area contributed by atoms with Crippen molar-refractivity contribution in [1.82, 2.24) is 9.88 Å². The summed E-state index contributed by atoms with van der Waals surface area (Å²) in [4.78, 5) is 16.7. The zero-order valence-electron chi connectivity index (χ0n) is 14.2. The Bertz CT molecular complexity index is 640. The van der Waals surface area contributed by atoms with Gasteiger partial charge in [0.05, 0.1) is 5.56 Å². The number of rotatable bonds is 6. The molecular weight excluding hydrogens is 335 g/mol. The van der Waals surface area contributed by atoms with E-state index < -0.39 is 17.4 Å². The number of carboxylic acid groups (broad SMARTS) is 1. The second-order valence-corrected chi connectivity index (χ2v) is 6.82. The van der Waals surface area contributed by atoms with Crippen molar-refractivity contribution < 1.29 is 14.3 Å². The van der Waals surface area contributed by atoms with Crippen LogP contribution in [-0.4, -0.2) is 39.2 Å². The highest BCUT2D eigenvalue weighted by molar-refractivity contribution is 6.30. The molecule has 0 aliphatic rings. The van der Waals surface area contributed by atoms with Crippen molar-refractivity contribution in [3.63, 3.8) is 0 Å². The Morgan fingerprint density at radius 2 is 2.21 bits per heavy atom. The molecule has 0 saturated heterocycles. The highest BCUT2D eigenvalue weighted by atomic mass is 35.5. The van der Waals surface area contributed by atoms with Crippen molar-refractivity contribution in [2.45, 2.75) is 52.1 Å². The van der Waals surface area contributed by atoms with Crippen molar-refractivity contribution in [2.24, 2.45) is 0 Å². The average Bonchev–Trinajstić information content (AvgIpc) is 2.46. The van der Waals surface area contributed by atoms with Gasteiger partial charge in [0.2, 0.25) is 0 Å². The van der Waals surface area contributed by atoms with E-state index in [9.17, 15) is 14.3 Å². The summed E-state index contributed by atoms with van der Waals surface area (Å²) in [6, 6.07) is 2.44. The molecule has 1 unspecified atom stereocenters. The van der Waals surface area contributed by atoms with E-state index >= 15 is 0 Å². The number of aromatic nitrogens is 1. The summed E-state index contributed by atoms with van der Waals surface area (Å²) in [5.74, 6) is -0.786. The van der Waals surface area contributed by atoms with Crippen LogP contribution in [0.3, 0.4) is 0 Å². The maximum absolute atomic E-state index is 14.1. The molecular formula is C16H22ClFN4O2. The number of carbonyl (C=O) groups is 1. The first-order chi connectivity index (χ1) is 11.1. The van der Waals surface area contributed by atoms with Gasteiger partial charge in [-0.15, -0.1) is 0 Å². The molecule has 0 fully saturated rings. The fraction of sp³-hybridized carbons (Fsp3) is 0.562. The monoisotopic (exact) mass is 356 g/mol. The predicted molar refractivity (Wildman–Crippen MR) is 90.7 cm³/mol. The largest absolute Gasteiger partial charge is 0.465 e. The van der Waals surface area contributed by atoms with Crippen LogP contribution in [0.15, 0.2) is 6.07 Å². The number of nitrogens with zero attached hydrogens (tertiary/aromatic N) is 3. The van der Waals surface area contributed by atoms with Crippen LogP contribution in [0.2, 0.25) is 5.15 Å². The average molecular weight is 357 g/mol. The third kappa shape index (κ3) is 5.24. The summed E-state index contributed by atoms with van der Waals surface area (Å²) in [5, 5.41) is 21.1. The summed E-state index contributed by atoms with van der Waals surface area (Å²) in [6.07, 6.45) is 0.358. The summed E-state index contributed by atoms with van der Waals surface area (Å²) in [5.41, 5.74) is -0.637. The molecule has 0 saturated carbocycles. The van der Waals surface area contributed by atoms with Crippen LogP contribution in [0, 0.1) is 17.1 Å². The number of hydrogen-bond acceptors (Lipinski definition) is 4. The van der Waals surface area contributed by atoms with Crippen molar-refractivity contribution in [2.75, 3.05) is 11.9 Å². The first-order valence-electron chi connectivity index (χ1n) is 7.63. The molecule has 0 spiro atoms. The Balaban J connectivity index is 3.04. The van der Waals surface area contributed by atoms with E-state index in [-0.39, 0.29) is 29.1 Å². The molecule has 6 nitrogen and oxygen atoms in total. The topological polar surface area (TPSA) is 89.2 Å². The minimum Gasteiger partial charge on any atom is -0.465 e. The molecule has 0 aliphatic carbocycles. The predicted octanol–water partition coefficient (Wildman–Crippen LogP) is 4.10. The Hall–Kier alpha value is -2.07. The third-order valence-corrected chi connectivity index (χ3v) is 3.76. The number of nitrogens with one attached hydrogen (secondary N) is 1. The molecule has 1 rings (SSSR count). The van der Waals surface area contributed by atoms with Crippen molar-refractivity contribution >= 4 is 23.5 Å². The number of amides is 1. The quantitative estimate of drug-likeness (QED) is 0.749. The van der Waals surface area contributed by atoms with E-state index in [0.717, 1.165) is 12.5 Å². The highest BCUT2D eigenvalue weighted by Gasteiger charge is 2.29. The molecule has 2 N–H and O–H groups in total. The molecule has 132 valence electrons. The fourth-order valence-corrected chi connectivity index (χ4v) is 2.44. The molecule has 8 heteroatoms. The number of halogens is 2. The Morgan fingerprint density at radius 3 is 2.67 bits per heavy atom. The van der Waals surface area contributed by atoms with E-state index in [1.807, 2.05) is 6.92 Å². The highest BCUT2D eigenvalue weighted by Crippen LogP contribution is 2.22. The van der Waals surface area contributed by atoms with Crippen LogP contribution >= 0.6 is 11.6 Å². The van der Waals surface area contributed by atoms with Gasteiger partial charge in [0, 0.05) is 18.1 Å². The second kappa shape index (κ2) is 8.15. The molecule has 0 bridgehead atoms. The zero-order valence-corrected chi connectivity index (χ0v) is 15.0. The lowest BCUT2D eigenvalue weighted by molar-refractivity contribution is 0.0967. The number of anilines is 1. The molecule has 24 heavy (non-hydrogen) atoms. The smallest absolute Gasteiger partial charge is 0.407 e. The molecule has 0 radical (unpaired) electrons. The molecule has 0 aromatic carbocycles. The molecule has 1 atom stereocenters. The van der Waals surface area contributed by atoms with Crippen LogP contribution in [0.1, 0.15) is 46.1 Å². The van der Waals surface area contributed by atoms with Crippen molar-refractivity contribution in [1.29, 1.82) is 5.26 Å². The fourth-order valence-electron chi connectivity index (χ4n) is 2.26. The standard InChI is InChI=1S/C16H22ClFN4O2/c1-5-6-11(9-22(15(23)24)16(2,3)4)20-14-12(18)7-10(8-19)13(17)21-14/h7,11H,5-6,9H2,1-4H3,(H,20,21)(H,23,24). The maximum Gasteiger partial charge on any atom is 0.407 e. The van der Waals surface area contributed by atoms with Crippen LogP contribution < -0.4 is 5.32 Å². The number of hydrogen-bond donors (Lipinski definition) is 2.